The van der Waals surface area contributed by atoms with Crippen molar-refractivity contribution in [2.45, 2.75) is 51.9 Å². The van der Waals surface area contributed by atoms with Gasteiger partial charge < -0.3 is 10.2 Å². The minimum atomic E-state index is -0.615. The highest BCUT2D eigenvalue weighted by atomic mass is 16.4. The molecule has 0 aromatic carbocycles. The predicted octanol–water partition coefficient (Wildman–Crippen LogP) is 2.43. The Hall–Kier alpha value is -0.570. The number of aliphatic hydroxyl groups is 1. The molecule has 3 heteroatoms. The van der Waals surface area contributed by atoms with Crippen LogP contribution in [-0.2, 0) is 4.79 Å². The van der Waals surface area contributed by atoms with Crippen molar-refractivity contribution in [3.63, 3.8) is 0 Å². The van der Waals surface area contributed by atoms with Gasteiger partial charge in [-0.25, -0.2) is 0 Å². The molecule has 1 aliphatic carbocycles. The molecular weight excluding hydrogens is 192 g/mol. The number of hydrogen-bond acceptors (Lipinski definition) is 2. The first-order chi connectivity index (χ1) is 7.10. The molecule has 1 saturated carbocycles. The Labute approximate surface area is 91.5 Å². The molecule has 2 N–H and O–H groups in total. The van der Waals surface area contributed by atoms with Gasteiger partial charge in [0.2, 0.25) is 0 Å². The Balaban J connectivity index is 2.41. The SMILES string of the molecule is CC1CCC(CCCCCO)(C(=O)O)C1. The minimum absolute atomic E-state index is 0.219. The first-order valence-corrected chi connectivity index (χ1v) is 5.95. The number of aliphatic carboxylic acids is 1. The summed E-state index contributed by atoms with van der Waals surface area (Å²) in [6, 6.07) is 0. The molecule has 0 spiro atoms. The van der Waals surface area contributed by atoms with E-state index in [0.29, 0.717) is 5.92 Å². The maximum atomic E-state index is 11.3. The normalized spacial score (nSPS) is 30.7. The predicted molar refractivity (Wildman–Crippen MR) is 58.6 cm³/mol. The van der Waals surface area contributed by atoms with Gasteiger partial charge in [0.15, 0.2) is 0 Å². The van der Waals surface area contributed by atoms with Crippen molar-refractivity contribution in [2.75, 3.05) is 6.61 Å². The van der Waals surface area contributed by atoms with Crippen LogP contribution in [0.4, 0.5) is 0 Å². The first kappa shape index (κ1) is 12.5. The summed E-state index contributed by atoms with van der Waals surface area (Å²) in [7, 11) is 0. The Morgan fingerprint density at radius 3 is 2.60 bits per heavy atom. The van der Waals surface area contributed by atoms with Gasteiger partial charge >= 0.3 is 5.97 Å². The number of carbonyl (C=O) groups is 1. The summed E-state index contributed by atoms with van der Waals surface area (Å²) < 4.78 is 0. The third kappa shape index (κ3) is 3.20. The number of aliphatic hydroxyl groups excluding tert-OH is 1. The van der Waals surface area contributed by atoms with Gasteiger partial charge in [0, 0.05) is 6.61 Å². The summed E-state index contributed by atoms with van der Waals surface area (Å²) in [6.07, 6.45) is 6.17. The molecule has 0 radical (unpaired) electrons. The van der Waals surface area contributed by atoms with E-state index in [1.165, 1.54) is 0 Å². The van der Waals surface area contributed by atoms with E-state index in [1.807, 2.05) is 0 Å². The molecule has 1 fully saturated rings. The van der Waals surface area contributed by atoms with Crippen LogP contribution in [0.2, 0.25) is 0 Å². The lowest BCUT2D eigenvalue weighted by Crippen LogP contribution is -2.28. The number of rotatable bonds is 6. The van der Waals surface area contributed by atoms with Gasteiger partial charge in [-0.1, -0.05) is 19.8 Å². The van der Waals surface area contributed by atoms with Crippen molar-refractivity contribution in [1.82, 2.24) is 0 Å². The number of hydrogen-bond donors (Lipinski definition) is 2. The standard InChI is InChI=1S/C12H22O3/c1-10-5-7-12(9-10,11(14)15)6-3-2-4-8-13/h10,13H,2-9H2,1H3,(H,14,15). The van der Waals surface area contributed by atoms with Crippen molar-refractivity contribution in [3.8, 4) is 0 Å². The molecule has 1 rings (SSSR count). The van der Waals surface area contributed by atoms with E-state index < -0.39 is 11.4 Å². The van der Waals surface area contributed by atoms with Crippen molar-refractivity contribution in [1.29, 1.82) is 0 Å². The fraction of sp³-hybridized carbons (Fsp3) is 0.917. The number of unbranched alkanes of at least 4 members (excludes halogenated alkanes) is 2. The summed E-state index contributed by atoms with van der Waals surface area (Å²) in [5.41, 5.74) is -0.450. The lowest BCUT2D eigenvalue weighted by Gasteiger charge is -2.23. The fourth-order valence-corrected chi connectivity index (χ4v) is 2.67. The third-order valence-corrected chi connectivity index (χ3v) is 3.62. The Morgan fingerprint density at radius 2 is 2.13 bits per heavy atom. The van der Waals surface area contributed by atoms with E-state index in [2.05, 4.69) is 6.92 Å². The Kier molecular flexibility index (Phi) is 4.58. The highest BCUT2D eigenvalue weighted by Crippen LogP contribution is 2.45. The fourth-order valence-electron chi connectivity index (χ4n) is 2.67. The van der Waals surface area contributed by atoms with Crippen LogP contribution in [0.3, 0.4) is 0 Å². The van der Waals surface area contributed by atoms with Crippen LogP contribution in [0.5, 0.6) is 0 Å². The van der Waals surface area contributed by atoms with Crippen LogP contribution in [0.1, 0.15) is 51.9 Å². The lowest BCUT2D eigenvalue weighted by molar-refractivity contribution is -0.149. The zero-order chi connectivity index (χ0) is 11.3. The van der Waals surface area contributed by atoms with Crippen molar-refractivity contribution in [2.24, 2.45) is 11.3 Å². The quantitative estimate of drug-likeness (QED) is 0.668. The highest BCUT2D eigenvalue weighted by Gasteiger charge is 2.43. The average Bonchev–Trinajstić information content (AvgIpc) is 2.56. The molecule has 88 valence electrons. The largest absolute Gasteiger partial charge is 0.481 e. The van der Waals surface area contributed by atoms with Crippen LogP contribution in [0.15, 0.2) is 0 Å². The molecule has 0 aromatic rings. The summed E-state index contributed by atoms with van der Waals surface area (Å²) in [4.78, 5) is 11.3. The van der Waals surface area contributed by atoms with E-state index in [0.717, 1.165) is 44.9 Å². The van der Waals surface area contributed by atoms with Gasteiger partial charge in [-0.15, -0.1) is 0 Å². The van der Waals surface area contributed by atoms with Gasteiger partial charge in [0.1, 0.15) is 0 Å². The molecule has 3 nitrogen and oxygen atoms in total. The zero-order valence-corrected chi connectivity index (χ0v) is 9.54. The van der Waals surface area contributed by atoms with Crippen LogP contribution in [0, 0.1) is 11.3 Å². The lowest BCUT2D eigenvalue weighted by atomic mass is 9.80. The second kappa shape index (κ2) is 5.50. The van der Waals surface area contributed by atoms with Crippen LogP contribution in [-0.4, -0.2) is 22.8 Å². The zero-order valence-electron chi connectivity index (χ0n) is 9.54. The molecule has 0 aromatic heterocycles. The third-order valence-electron chi connectivity index (χ3n) is 3.62. The van der Waals surface area contributed by atoms with Crippen LogP contribution in [0.25, 0.3) is 0 Å². The topological polar surface area (TPSA) is 57.5 Å². The number of carboxylic acid groups (broad SMARTS) is 1. The monoisotopic (exact) mass is 214 g/mol. The Bertz CT molecular complexity index is 215. The van der Waals surface area contributed by atoms with E-state index in [9.17, 15) is 9.90 Å². The highest BCUT2D eigenvalue weighted by molar-refractivity contribution is 5.75. The van der Waals surface area contributed by atoms with Crippen molar-refractivity contribution >= 4 is 5.97 Å². The van der Waals surface area contributed by atoms with Gasteiger partial charge in [0.05, 0.1) is 5.41 Å². The minimum Gasteiger partial charge on any atom is -0.481 e. The van der Waals surface area contributed by atoms with E-state index in [4.69, 9.17) is 5.11 Å². The number of carboxylic acids is 1. The van der Waals surface area contributed by atoms with Crippen molar-refractivity contribution in [3.05, 3.63) is 0 Å². The molecule has 2 unspecified atom stereocenters. The van der Waals surface area contributed by atoms with Gasteiger partial charge in [0.25, 0.3) is 0 Å². The second-order valence-corrected chi connectivity index (χ2v) is 4.97. The first-order valence-electron chi connectivity index (χ1n) is 5.95. The van der Waals surface area contributed by atoms with E-state index >= 15 is 0 Å². The van der Waals surface area contributed by atoms with Gasteiger partial charge in [-0.2, -0.15) is 0 Å². The molecule has 0 bridgehead atoms. The average molecular weight is 214 g/mol. The maximum absolute atomic E-state index is 11.3. The molecule has 0 heterocycles. The smallest absolute Gasteiger partial charge is 0.309 e. The van der Waals surface area contributed by atoms with E-state index in [1.54, 1.807) is 0 Å². The molecule has 2 atom stereocenters. The summed E-state index contributed by atoms with van der Waals surface area (Å²) in [5, 5.41) is 17.9. The molecule has 1 aliphatic rings. The summed E-state index contributed by atoms with van der Waals surface area (Å²) in [6.45, 7) is 2.36. The van der Waals surface area contributed by atoms with E-state index in [-0.39, 0.29) is 6.61 Å². The Morgan fingerprint density at radius 1 is 1.40 bits per heavy atom. The van der Waals surface area contributed by atoms with Crippen molar-refractivity contribution < 1.29 is 15.0 Å². The maximum Gasteiger partial charge on any atom is 0.309 e. The molecule has 0 saturated heterocycles. The van der Waals surface area contributed by atoms with Crippen LogP contribution < -0.4 is 0 Å². The second-order valence-electron chi connectivity index (χ2n) is 4.97. The molecule has 0 amide bonds. The molecule has 0 aliphatic heterocycles. The molecule has 15 heavy (non-hydrogen) atoms. The molecular formula is C12H22O3. The summed E-state index contributed by atoms with van der Waals surface area (Å²) in [5.74, 6) is -0.0604. The summed E-state index contributed by atoms with van der Waals surface area (Å²) >= 11 is 0. The van der Waals surface area contributed by atoms with Crippen LogP contribution >= 0.6 is 0 Å². The van der Waals surface area contributed by atoms with Gasteiger partial charge in [-0.05, 0) is 38.0 Å². The van der Waals surface area contributed by atoms with Gasteiger partial charge in [-0.3, -0.25) is 4.79 Å².